The van der Waals surface area contributed by atoms with Gasteiger partial charge >= 0.3 is 0 Å². The molecular weight excluding hydrogens is 186 g/mol. The zero-order chi connectivity index (χ0) is 10.9. The largest absolute Gasteiger partial charge is 0.373 e. The van der Waals surface area contributed by atoms with E-state index in [1.807, 2.05) is 13.0 Å². The average molecular weight is 199 g/mol. The minimum absolute atomic E-state index is 0.148. The third-order valence-electron chi connectivity index (χ3n) is 2.98. The maximum Gasteiger partial charge on any atom is 0.0991 e. The van der Waals surface area contributed by atoms with Gasteiger partial charge in [0.25, 0.3) is 0 Å². The van der Waals surface area contributed by atoms with Crippen molar-refractivity contribution in [3.05, 3.63) is 40.7 Å². The molecular formula is C13H13NO. The van der Waals surface area contributed by atoms with E-state index >= 15 is 0 Å². The van der Waals surface area contributed by atoms with E-state index in [4.69, 9.17) is 10.00 Å². The summed E-state index contributed by atoms with van der Waals surface area (Å²) in [5.41, 5.74) is 5.84. The van der Waals surface area contributed by atoms with Gasteiger partial charge in [0, 0.05) is 7.11 Å². The summed E-state index contributed by atoms with van der Waals surface area (Å²) in [7, 11) is 1.73. The monoisotopic (exact) mass is 199 g/mol. The van der Waals surface area contributed by atoms with Crippen LogP contribution < -0.4 is 0 Å². The highest BCUT2D eigenvalue weighted by Gasteiger charge is 2.47. The molecule has 2 aliphatic carbocycles. The molecule has 0 heterocycles. The van der Waals surface area contributed by atoms with Crippen molar-refractivity contribution in [2.24, 2.45) is 0 Å². The lowest BCUT2D eigenvalue weighted by Crippen LogP contribution is -2.15. The van der Waals surface area contributed by atoms with Crippen LogP contribution in [0.4, 0.5) is 0 Å². The lowest BCUT2D eigenvalue weighted by molar-refractivity contribution is 0.113. The SMILES string of the molecule is COC1(C2=CC(C#N)=CC=C=C2C)CC1. The number of allylic oxidation sites excluding steroid dienone is 3. The van der Waals surface area contributed by atoms with Gasteiger partial charge in [-0.2, -0.15) is 5.26 Å². The third kappa shape index (κ3) is 1.68. The first kappa shape index (κ1) is 9.98. The number of nitrogens with zero attached hydrogens (tertiary/aromatic N) is 1. The molecule has 0 aromatic heterocycles. The van der Waals surface area contributed by atoms with Gasteiger partial charge in [0.1, 0.15) is 0 Å². The van der Waals surface area contributed by atoms with Crippen LogP contribution in [0, 0.1) is 11.3 Å². The number of hydrogen-bond acceptors (Lipinski definition) is 2. The van der Waals surface area contributed by atoms with E-state index in [0.29, 0.717) is 5.57 Å². The fraction of sp³-hybridized carbons (Fsp3) is 0.385. The molecule has 0 amide bonds. The fourth-order valence-corrected chi connectivity index (χ4v) is 1.89. The molecule has 1 fully saturated rings. The van der Waals surface area contributed by atoms with Crippen molar-refractivity contribution in [2.75, 3.05) is 7.11 Å². The van der Waals surface area contributed by atoms with E-state index in [2.05, 4.69) is 11.8 Å². The molecule has 0 radical (unpaired) electrons. The molecule has 2 nitrogen and oxygen atoms in total. The number of rotatable bonds is 2. The molecule has 2 rings (SSSR count). The molecule has 0 aromatic rings. The maximum absolute atomic E-state index is 8.92. The molecule has 15 heavy (non-hydrogen) atoms. The summed E-state index contributed by atoms with van der Waals surface area (Å²) in [4.78, 5) is 0. The van der Waals surface area contributed by atoms with Gasteiger partial charge in [0.2, 0.25) is 0 Å². The lowest BCUT2D eigenvalue weighted by atomic mass is 9.99. The van der Waals surface area contributed by atoms with Crippen LogP contribution in [0.5, 0.6) is 0 Å². The zero-order valence-corrected chi connectivity index (χ0v) is 9.00. The number of nitriles is 1. The minimum Gasteiger partial charge on any atom is -0.373 e. The summed E-state index contributed by atoms with van der Waals surface area (Å²) < 4.78 is 5.53. The third-order valence-corrected chi connectivity index (χ3v) is 2.98. The van der Waals surface area contributed by atoms with Gasteiger partial charge < -0.3 is 4.74 Å². The number of hydrogen-bond donors (Lipinski definition) is 0. The van der Waals surface area contributed by atoms with Crippen LogP contribution in [-0.4, -0.2) is 12.7 Å². The molecule has 0 N–H and O–H groups in total. The second-order valence-corrected chi connectivity index (χ2v) is 3.93. The van der Waals surface area contributed by atoms with Gasteiger partial charge in [-0.1, -0.05) is 0 Å². The highest BCUT2D eigenvalue weighted by atomic mass is 16.5. The summed E-state index contributed by atoms with van der Waals surface area (Å²) in [6.45, 7) is 2.01. The number of methoxy groups -OCH3 is 1. The minimum atomic E-state index is -0.148. The topological polar surface area (TPSA) is 33.0 Å². The standard InChI is InChI=1S/C13H13NO/c1-10-4-3-5-11(9-14)8-12(10)13(15-2)6-7-13/h3,5,8H,6-7H2,1-2H3. The van der Waals surface area contributed by atoms with Crippen molar-refractivity contribution in [1.82, 2.24) is 0 Å². The summed E-state index contributed by atoms with van der Waals surface area (Å²) in [6.07, 6.45) is 7.56. The Balaban J connectivity index is 2.46. The quantitative estimate of drug-likeness (QED) is 0.640. The molecule has 0 atom stereocenters. The molecule has 2 aliphatic rings. The first-order valence-electron chi connectivity index (χ1n) is 5.03. The average Bonchev–Trinajstić information content (AvgIpc) is 3.03. The second-order valence-electron chi connectivity index (χ2n) is 3.93. The van der Waals surface area contributed by atoms with Gasteiger partial charge in [0.15, 0.2) is 0 Å². The van der Waals surface area contributed by atoms with Gasteiger partial charge in [-0.05, 0) is 49.1 Å². The normalized spacial score (nSPS) is 22.1. The Bertz CT molecular complexity index is 449. The Morgan fingerprint density at radius 3 is 2.80 bits per heavy atom. The van der Waals surface area contributed by atoms with Gasteiger partial charge in [-0.15, -0.1) is 5.73 Å². The fourth-order valence-electron chi connectivity index (χ4n) is 1.89. The van der Waals surface area contributed by atoms with E-state index < -0.39 is 0 Å². The first-order valence-corrected chi connectivity index (χ1v) is 5.03. The maximum atomic E-state index is 8.92. The predicted octanol–water partition coefficient (Wildman–Crippen LogP) is 2.66. The van der Waals surface area contributed by atoms with Crippen molar-refractivity contribution in [2.45, 2.75) is 25.4 Å². The van der Waals surface area contributed by atoms with Crippen molar-refractivity contribution in [1.29, 1.82) is 5.26 Å². The van der Waals surface area contributed by atoms with Crippen LogP contribution in [0.15, 0.2) is 40.7 Å². The van der Waals surface area contributed by atoms with Crippen LogP contribution in [-0.2, 0) is 4.74 Å². The Kier molecular flexibility index (Phi) is 2.36. The first-order chi connectivity index (χ1) is 7.22. The lowest BCUT2D eigenvalue weighted by Gasteiger charge is -2.17. The van der Waals surface area contributed by atoms with Crippen LogP contribution in [0.25, 0.3) is 0 Å². The summed E-state index contributed by atoms with van der Waals surface area (Å²) in [5, 5.41) is 8.92. The highest BCUT2D eigenvalue weighted by Crippen LogP contribution is 2.48. The van der Waals surface area contributed by atoms with Gasteiger partial charge in [-0.25, -0.2) is 0 Å². The zero-order valence-electron chi connectivity index (χ0n) is 9.00. The Morgan fingerprint density at radius 1 is 1.53 bits per heavy atom. The van der Waals surface area contributed by atoms with Crippen molar-refractivity contribution in [3.63, 3.8) is 0 Å². The molecule has 0 spiro atoms. The number of ether oxygens (including phenoxy) is 1. The smallest absolute Gasteiger partial charge is 0.0991 e. The Labute approximate surface area is 89.9 Å². The van der Waals surface area contributed by atoms with Crippen LogP contribution in [0.3, 0.4) is 0 Å². The van der Waals surface area contributed by atoms with Crippen LogP contribution in [0.2, 0.25) is 0 Å². The van der Waals surface area contributed by atoms with Crippen LogP contribution >= 0.6 is 0 Å². The van der Waals surface area contributed by atoms with Crippen molar-refractivity contribution in [3.8, 4) is 6.07 Å². The molecule has 0 saturated heterocycles. The summed E-state index contributed by atoms with van der Waals surface area (Å²) in [6, 6.07) is 2.16. The molecule has 76 valence electrons. The summed E-state index contributed by atoms with van der Waals surface area (Å²) in [5.74, 6) is 0. The van der Waals surface area contributed by atoms with E-state index in [9.17, 15) is 0 Å². The highest BCUT2D eigenvalue weighted by molar-refractivity contribution is 5.51. The molecule has 0 unspecified atom stereocenters. The van der Waals surface area contributed by atoms with Gasteiger partial charge in [-0.3, -0.25) is 0 Å². The van der Waals surface area contributed by atoms with Gasteiger partial charge in [0.05, 0.1) is 17.2 Å². The molecule has 2 heteroatoms. The van der Waals surface area contributed by atoms with E-state index in [-0.39, 0.29) is 5.60 Å². The summed E-state index contributed by atoms with van der Waals surface area (Å²) >= 11 is 0. The van der Waals surface area contributed by atoms with Crippen LogP contribution in [0.1, 0.15) is 19.8 Å². The predicted molar refractivity (Wildman–Crippen MR) is 58.0 cm³/mol. The second kappa shape index (κ2) is 3.55. The van der Waals surface area contributed by atoms with Crippen molar-refractivity contribution >= 4 is 0 Å². The molecule has 1 saturated carbocycles. The molecule has 0 bridgehead atoms. The van der Waals surface area contributed by atoms with E-state index in [1.54, 1.807) is 19.3 Å². The molecule has 0 aromatic carbocycles. The Hall–Kier alpha value is -1.55. The Morgan fingerprint density at radius 2 is 2.27 bits per heavy atom. The van der Waals surface area contributed by atoms with Crippen molar-refractivity contribution < 1.29 is 4.74 Å². The molecule has 0 aliphatic heterocycles. The van der Waals surface area contributed by atoms with E-state index in [0.717, 1.165) is 24.0 Å². The van der Waals surface area contributed by atoms with E-state index in [1.165, 1.54) is 0 Å².